The monoisotopic (exact) mass is 310 g/mol. The quantitative estimate of drug-likeness (QED) is 0.719. The van der Waals surface area contributed by atoms with E-state index in [2.05, 4.69) is 20.8 Å². The molecule has 23 heavy (non-hydrogen) atoms. The van der Waals surface area contributed by atoms with E-state index in [1.165, 1.54) is 35.6 Å². The molecule has 0 bridgehead atoms. The summed E-state index contributed by atoms with van der Waals surface area (Å²) in [5, 5.41) is 11.1. The molecule has 0 unspecified atom stereocenters. The number of carbonyl (C=O) groups is 1. The van der Waals surface area contributed by atoms with Crippen LogP contribution < -0.4 is 0 Å². The van der Waals surface area contributed by atoms with E-state index in [1.54, 1.807) is 17.7 Å². The van der Waals surface area contributed by atoms with Crippen LogP contribution in [0.2, 0.25) is 0 Å². The summed E-state index contributed by atoms with van der Waals surface area (Å²) in [7, 11) is 0. The molecule has 4 aliphatic rings. The molecule has 122 valence electrons. The van der Waals surface area contributed by atoms with E-state index >= 15 is 0 Å². The van der Waals surface area contributed by atoms with Crippen molar-refractivity contribution in [3.8, 4) is 0 Å². The van der Waals surface area contributed by atoms with Gasteiger partial charge in [0.05, 0.1) is 0 Å². The number of rotatable bonds is 0. The fourth-order valence-electron chi connectivity index (χ4n) is 5.11. The molecule has 0 saturated carbocycles. The molecule has 0 amide bonds. The van der Waals surface area contributed by atoms with Gasteiger partial charge in [-0.15, -0.1) is 0 Å². The Balaban J connectivity index is 1.94. The summed E-state index contributed by atoms with van der Waals surface area (Å²) >= 11 is 0. The Bertz CT molecular complexity index is 714. The fraction of sp³-hybridized carbons (Fsp3) is 0.571. The second kappa shape index (κ2) is 4.80. The van der Waals surface area contributed by atoms with Crippen molar-refractivity contribution in [3.63, 3.8) is 0 Å². The Morgan fingerprint density at radius 2 is 2.04 bits per heavy atom. The predicted octanol–water partition coefficient (Wildman–Crippen LogP) is 4.42. The summed E-state index contributed by atoms with van der Waals surface area (Å²) in [6, 6.07) is 0. The van der Waals surface area contributed by atoms with Gasteiger partial charge in [0.1, 0.15) is 5.60 Å². The lowest BCUT2D eigenvalue weighted by molar-refractivity contribution is -0.110. The first-order chi connectivity index (χ1) is 10.8. The van der Waals surface area contributed by atoms with Gasteiger partial charge in [-0.2, -0.15) is 0 Å². The molecule has 2 atom stereocenters. The maximum atomic E-state index is 12.0. The number of fused-ring (bicyclic) bond motifs is 3. The minimum absolute atomic E-state index is 0.00699. The van der Waals surface area contributed by atoms with Gasteiger partial charge in [0.15, 0.2) is 5.78 Å². The zero-order valence-electron chi connectivity index (χ0n) is 14.4. The molecular weight excluding hydrogens is 284 g/mol. The zero-order chi connectivity index (χ0) is 16.4. The summed E-state index contributed by atoms with van der Waals surface area (Å²) in [5.41, 5.74) is 5.81. The fourth-order valence-corrected chi connectivity index (χ4v) is 5.11. The van der Waals surface area contributed by atoms with Gasteiger partial charge in [0.2, 0.25) is 0 Å². The lowest BCUT2D eigenvalue weighted by Crippen LogP contribution is -2.30. The van der Waals surface area contributed by atoms with Crippen molar-refractivity contribution in [3.05, 3.63) is 46.1 Å². The molecule has 0 aromatic carbocycles. The van der Waals surface area contributed by atoms with E-state index in [0.717, 1.165) is 24.8 Å². The molecule has 0 aliphatic heterocycles. The van der Waals surface area contributed by atoms with Crippen molar-refractivity contribution in [1.82, 2.24) is 0 Å². The smallest absolute Gasteiger partial charge is 0.178 e. The van der Waals surface area contributed by atoms with Gasteiger partial charge in [0.25, 0.3) is 0 Å². The molecule has 0 radical (unpaired) electrons. The number of carbonyl (C=O) groups excluding carboxylic acids is 1. The minimum atomic E-state index is -0.954. The summed E-state index contributed by atoms with van der Waals surface area (Å²) in [6.07, 6.45) is 11.4. The van der Waals surface area contributed by atoms with Crippen LogP contribution in [0.4, 0.5) is 0 Å². The first kappa shape index (κ1) is 15.1. The van der Waals surface area contributed by atoms with E-state index in [0.29, 0.717) is 12.3 Å². The third kappa shape index (κ3) is 2.15. The standard InChI is InChI=1S/C21H26O2/c1-13-6-7-17-15(5-4-9-20(17,2)3)19-16(13)12-21(23)10-8-14(22)11-18(19)21/h8,10-11,13,23H,4-7,9,12H2,1-3H3/t13-,21-/m1/s1. The Morgan fingerprint density at radius 3 is 2.83 bits per heavy atom. The van der Waals surface area contributed by atoms with Gasteiger partial charge >= 0.3 is 0 Å². The van der Waals surface area contributed by atoms with E-state index in [9.17, 15) is 9.90 Å². The molecule has 0 spiro atoms. The van der Waals surface area contributed by atoms with Crippen molar-refractivity contribution < 1.29 is 9.90 Å². The number of aliphatic hydroxyl groups is 1. The lowest BCUT2D eigenvalue weighted by Gasteiger charge is -2.37. The van der Waals surface area contributed by atoms with Gasteiger partial charge in [-0.3, -0.25) is 4.79 Å². The SMILES string of the molecule is C[C@@H]1CCC2=C(CCCC2(C)C)C2=C1C[C@]1(O)C=CC(=O)C=C21. The second-order valence-corrected chi connectivity index (χ2v) is 8.43. The average Bonchev–Trinajstić information content (AvgIpc) is 2.70. The summed E-state index contributed by atoms with van der Waals surface area (Å²) in [6.45, 7) is 7.01. The van der Waals surface area contributed by atoms with Gasteiger partial charge in [-0.25, -0.2) is 0 Å². The van der Waals surface area contributed by atoms with Crippen LogP contribution in [-0.4, -0.2) is 16.5 Å². The molecular formula is C21H26O2. The second-order valence-electron chi connectivity index (χ2n) is 8.43. The zero-order valence-corrected chi connectivity index (χ0v) is 14.4. The van der Waals surface area contributed by atoms with Crippen LogP contribution in [0.25, 0.3) is 0 Å². The van der Waals surface area contributed by atoms with Crippen molar-refractivity contribution in [1.29, 1.82) is 0 Å². The first-order valence-corrected chi connectivity index (χ1v) is 8.96. The highest BCUT2D eigenvalue weighted by molar-refractivity contribution is 6.02. The van der Waals surface area contributed by atoms with Crippen molar-refractivity contribution in [2.75, 3.05) is 0 Å². The topological polar surface area (TPSA) is 37.3 Å². The molecule has 0 aromatic heterocycles. The molecule has 1 N–H and O–H groups in total. The van der Waals surface area contributed by atoms with Crippen LogP contribution in [0.3, 0.4) is 0 Å². The Hall–Kier alpha value is -1.41. The molecule has 2 heteroatoms. The number of hydrogen-bond donors (Lipinski definition) is 1. The predicted molar refractivity (Wildman–Crippen MR) is 91.9 cm³/mol. The van der Waals surface area contributed by atoms with Gasteiger partial charge in [0, 0.05) is 6.42 Å². The highest BCUT2D eigenvalue weighted by atomic mass is 16.3. The summed E-state index contributed by atoms with van der Waals surface area (Å²) in [4.78, 5) is 12.0. The van der Waals surface area contributed by atoms with Gasteiger partial charge < -0.3 is 5.11 Å². The molecule has 4 aliphatic carbocycles. The summed E-state index contributed by atoms with van der Waals surface area (Å²) < 4.78 is 0. The van der Waals surface area contributed by atoms with E-state index < -0.39 is 5.60 Å². The van der Waals surface area contributed by atoms with Crippen LogP contribution in [-0.2, 0) is 4.79 Å². The highest BCUT2D eigenvalue weighted by Crippen LogP contribution is 2.56. The average molecular weight is 310 g/mol. The number of hydrogen-bond acceptors (Lipinski definition) is 2. The molecule has 2 nitrogen and oxygen atoms in total. The maximum absolute atomic E-state index is 12.0. The molecule has 0 aromatic rings. The first-order valence-electron chi connectivity index (χ1n) is 8.96. The molecule has 0 fully saturated rings. The maximum Gasteiger partial charge on any atom is 0.178 e. The minimum Gasteiger partial charge on any atom is -0.381 e. The van der Waals surface area contributed by atoms with Crippen molar-refractivity contribution >= 4 is 5.78 Å². The lowest BCUT2D eigenvalue weighted by atomic mass is 9.69. The highest BCUT2D eigenvalue weighted by Gasteiger charge is 2.46. The molecule has 0 heterocycles. The number of ketones is 1. The Labute approximate surface area is 138 Å². The normalized spacial score (nSPS) is 35.6. The Morgan fingerprint density at radius 1 is 1.26 bits per heavy atom. The van der Waals surface area contributed by atoms with E-state index in [1.807, 2.05) is 0 Å². The van der Waals surface area contributed by atoms with E-state index in [-0.39, 0.29) is 11.2 Å². The van der Waals surface area contributed by atoms with Crippen LogP contribution >= 0.6 is 0 Å². The molecule has 0 saturated heterocycles. The van der Waals surface area contributed by atoms with Crippen LogP contribution in [0.5, 0.6) is 0 Å². The van der Waals surface area contributed by atoms with E-state index in [4.69, 9.17) is 0 Å². The van der Waals surface area contributed by atoms with Crippen LogP contribution in [0.1, 0.15) is 59.3 Å². The summed E-state index contributed by atoms with van der Waals surface area (Å²) in [5.74, 6) is 0.484. The van der Waals surface area contributed by atoms with Gasteiger partial charge in [-0.1, -0.05) is 31.9 Å². The van der Waals surface area contributed by atoms with Gasteiger partial charge in [-0.05, 0) is 78.4 Å². The Kier molecular flexibility index (Phi) is 3.16. The number of allylic oxidation sites excluding steroid dienone is 4. The van der Waals surface area contributed by atoms with Crippen molar-refractivity contribution in [2.45, 2.75) is 64.9 Å². The van der Waals surface area contributed by atoms with Crippen LogP contribution in [0.15, 0.2) is 46.1 Å². The van der Waals surface area contributed by atoms with Crippen molar-refractivity contribution in [2.24, 2.45) is 11.3 Å². The third-order valence-corrected chi connectivity index (χ3v) is 6.46. The largest absolute Gasteiger partial charge is 0.381 e. The third-order valence-electron chi connectivity index (χ3n) is 6.46. The molecule has 4 rings (SSSR count). The van der Waals surface area contributed by atoms with Crippen LogP contribution in [0, 0.1) is 11.3 Å².